The highest BCUT2D eigenvalue weighted by molar-refractivity contribution is 6.32. The third kappa shape index (κ3) is 2.65. The zero-order chi connectivity index (χ0) is 13.1. The molecule has 0 amide bonds. The lowest BCUT2D eigenvalue weighted by Crippen LogP contribution is -1.97. The van der Waals surface area contributed by atoms with Crippen LogP contribution in [0.2, 0.25) is 5.02 Å². The number of nitrogens with two attached hydrogens (primary N) is 1. The van der Waals surface area contributed by atoms with Gasteiger partial charge in [0.15, 0.2) is 0 Å². The van der Waals surface area contributed by atoms with E-state index in [0.29, 0.717) is 22.1 Å². The number of halogens is 2. The Morgan fingerprint density at radius 1 is 1.22 bits per heavy atom. The normalized spacial score (nSPS) is 10.2. The van der Waals surface area contributed by atoms with E-state index in [0.717, 1.165) is 5.69 Å². The summed E-state index contributed by atoms with van der Waals surface area (Å²) >= 11 is 5.92. The SMILES string of the molecule is COc1cc(Nc2ccc(F)cc2N)ccc1Cl. The summed E-state index contributed by atoms with van der Waals surface area (Å²) in [6.45, 7) is 0. The molecule has 0 aliphatic rings. The molecule has 2 rings (SSSR count). The predicted molar refractivity (Wildman–Crippen MR) is 72.1 cm³/mol. The molecule has 0 aliphatic heterocycles. The number of hydrogen-bond acceptors (Lipinski definition) is 3. The quantitative estimate of drug-likeness (QED) is 0.831. The van der Waals surface area contributed by atoms with Gasteiger partial charge in [0.2, 0.25) is 0 Å². The van der Waals surface area contributed by atoms with Gasteiger partial charge in [0.05, 0.1) is 23.5 Å². The lowest BCUT2D eigenvalue weighted by Gasteiger charge is -2.11. The molecule has 0 atom stereocenters. The number of nitrogens with one attached hydrogen (secondary N) is 1. The first kappa shape index (κ1) is 12.5. The monoisotopic (exact) mass is 266 g/mol. The summed E-state index contributed by atoms with van der Waals surface area (Å²) in [5, 5.41) is 3.59. The van der Waals surface area contributed by atoms with Crippen LogP contribution < -0.4 is 15.8 Å². The van der Waals surface area contributed by atoms with E-state index < -0.39 is 0 Å². The Labute approximate surface area is 109 Å². The van der Waals surface area contributed by atoms with E-state index in [1.54, 1.807) is 24.3 Å². The molecule has 5 heteroatoms. The number of rotatable bonds is 3. The zero-order valence-electron chi connectivity index (χ0n) is 9.71. The molecule has 0 aromatic heterocycles. The molecule has 2 aromatic rings. The summed E-state index contributed by atoms with van der Waals surface area (Å²) in [5.74, 6) is 0.189. The third-order valence-corrected chi connectivity index (χ3v) is 2.76. The number of ether oxygens (including phenoxy) is 1. The minimum Gasteiger partial charge on any atom is -0.495 e. The Morgan fingerprint density at radius 2 is 2.00 bits per heavy atom. The maximum Gasteiger partial charge on any atom is 0.139 e. The Morgan fingerprint density at radius 3 is 2.67 bits per heavy atom. The molecule has 3 N–H and O–H groups in total. The van der Waals surface area contributed by atoms with Crippen LogP contribution in [0, 0.1) is 5.82 Å². The van der Waals surface area contributed by atoms with E-state index in [-0.39, 0.29) is 5.82 Å². The summed E-state index contributed by atoms with van der Waals surface area (Å²) < 4.78 is 18.0. The van der Waals surface area contributed by atoms with E-state index in [2.05, 4.69) is 5.32 Å². The van der Waals surface area contributed by atoms with Crippen LogP contribution in [0.1, 0.15) is 0 Å². The van der Waals surface area contributed by atoms with Gasteiger partial charge in [-0.2, -0.15) is 0 Å². The second kappa shape index (κ2) is 5.14. The van der Waals surface area contributed by atoms with Crippen molar-refractivity contribution in [1.29, 1.82) is 0 Å². The lowest BCUT2D eigenvalue weighted by molar-refractivity contribution is 0.415. The van der Waals surface area contributed by atoms with Crippen molar-refractivity contribution >= 4 is 28.7 Å². The van der Waals surface area contributed by atoms with Crippen molar-refractivity contribution in [2.75, 3.05) is 18.2 Å². The van der Waals surface area contributed by atoms with Gasteiger partial charge in [-0.25, -0.2) is 4.39 Å². The molecular weight excluding hydrogens is 255 g/mol. The Balaban J connectivity index is 2.28. The van der Waals surface area contributed by atoms with Crippen LogP contribution in [0.3, 0.4) is 0 Å². The molecule has 0 saturated carbocycles. The lowest BCUT2D eigenvalue weighted by atomic mass is 10.2. The average molecular weight is 267 g/mol. The average Bonchev–Trinajstić information content (AvgIpc) is 2.35. The highest BCUT2D eigenvalue weighted by Gasteiger charge is 2.04. The maximum absolute atomic E-state index is 12.9. The summed E-state index contributed by atoms with van der Waals surface area (Å²) in [4.78, 5) is 0. The summed E-state index contributed by atoms with van der Waals surface area (Å²) in [6, 6.07) is 9.41. The van der Waals surface area contributed by atoms with E-state index in [1.165, 1.54) is 19.2 Å². The van der Waals surface area contributed by atoms with Crippen LogP contribution >= 0.6 is 11.6 Å². The summed E-state index contributed by atoms with van der Waals surface area (Å²) in [7, 11) is 1.54. The molecule has 0 fully saturated rings. The van der Waals surface area contributed by atoms with Crippen LogP contribution in [-0.4, -0.2) is 7.11 Å². The smallest absolute Gasteiger partial charge is 0.139 e. The van der Waals surface area contributed by atoms with Crippen LogP contribution in [0.15, 0.2) is 36.4 Å². The molecule has 0 unspecified atom stereocenters. The van der Waals surface area contributed by atoms with Gasteiger partial charge in [0.25, 0.3) is 0 Å². The first-order valence-corrected chi connectivity index (χ1v) is 5.63. The molecule has 94 valence electrons. The van der Waals surface area contributed by atoms with Crippen molar-refractivity contribution in [2.24, 2.45) is 0 Å². The highest BCUT2D eigenvalue weighted by Crippen LogP contribution is 2.30. The predicted octanol–water partition coefficient (Wildman–Crippen LogP) is 3.81. The minimum absolute atomic E-state index is 0.337. The van der Waals surface area contributed by atoms with Gasteiger partial charge in [-0.05, 0) is 30.3 Å². The molecule has 0 spiro atoms. The first-order valence-electron chi connectivity index (χ1n) is 5.26. The molecule has 0 bridgehead atoms. The van der Waals surface area contributed by atoms with Gasteiger partial charge in [-0.15, -0.1) is 0 Å². The van der Waals surface area contributed by atoms with Crippen molar-refractivity contribution in [2.45, 2.75) is 0 Å². The number of nitrogen functional groups attached to an aromatic ring is 1. The molecule has 18 heavy (non-hydrogen) atoms. The number of anilines is 3. The summed E-state index contributed by atoms with van der Waals surface area (Å²) in [5.41, 5.74) is 7.43. The standard InChI is InChI=1S/C13H12ClFN2O/c1-18-13-7-9(3-4-10(13)14)17-12-5-2-8(15)6-11(12)16/h2-7,17H,16H2,1H3. The van der Waals surface area contributed by atoms with E-state index in [1.807, 2.05) is 0 Å². The number of methoxy groups -OCH3 is 1. The molecule has 2 aromatic carbocycles. The highest BCUT2D eigenvalue weighted by atomic mass is 35.5. The molecule has 0 radical (unpaired) electrons. The van der Waals surface area contributed by atoms with Crippen molar-refractivity contribution < 1.29 is 9.13 Å². The van der Waals surface area contributed by atoms with Gasteiger partial charge < -0.3 is 15.8 Å². The van der Waals surface area contributed by atoms with Crippen LogP contribution in [0.5, 0.6) is 5.75 Å². The molecule has 0 heterocycles. The molecule has 0 saturated heterocycles. The van der Waals surface area contributed by atoms with Crippen LogP contribution in [0.4, 0.5) is 21.5 Å². The number of hydrogen-bond donors (Lipinski definition) is 2. The van der Waals surface area contributed by atoms with Gasteiger partial charge in [0, 0.05) is 11.8 Å². The Bertz CT molecular complexity index is 575. The van der Waals surface area contributed by atoms with Crippen molar-refractivity contribution in [1.82, 2.24) is 0 Å². The molecule has 0 aliphatic carbocycles. The fourth-order valence-electron chi connectivity index (χ4n) is 1.54. The second-order valence-corrected chi connectivity index (χ2v) is 4.11. The maximum atomic E-state index is 12.9. The van der Waals surface area contributed by atoms with Crippen LogP contribution in [-0.2, 0) is 0 Å². The Kier molecular flexibility index (Phi) is 3.58. The van der Waals surface area contributed by atoms with E-state index in [9.17, 15) is 4.39 Å². The number of benzene rings is 2. The van der Waals surface area contributed by atoms with E-state index >= 15 is 0 Å². The first-order chi connectivity index (χ1) is 8.60. The van der Waals surface area contributed by atoms with Crippen molar-refractivity contribution in [3.8, 4) is 5.75 Å². The molecular formula is C13H12ClFN2O. The van der Waals surface area contributed by atoms with Crippen molar-refractivity contribution in [3.63, 3.8) is 0 Å². The fourth-order valence-corrected chi connectivity index (χ4v) is 1.74. The second-order valence-electron chi connectivity index (χ2n) is 3.71. The van der Waals surface area contributed by atoms with Gasteiger partial charge in [-0.3, -0.25) is 0 Å². The van der Waals surface area contributed by atoms with Crippen molar-refractivity contribution in [3.05, 3.63) is 47.2 Å². The van der Waals surface area contributed by atoms with Crippen LogP contribution in [0.25, 0.3) is 0 Å². The minimum atomic E-state index is -0.369. The topological polar surface area (TPSA) is 47.3 Å². The Hall–Kier alpha value is -1.94. The summed E-state index contributed by atoms with van der Waals surface area (Å²) in [6.07, 6.45) is 0. The fraction of sp³-hybridized carbons (Fsp3) is 0.0769. The molecule has 3 nitrogen and oxygen atoms in total. The third-order valence-electron chi connectivity index (χ3n) is 2.44. The van der Waals surface area contributed by atoms with Gasteiger partial charge >= 0.3 is 0 Å². The van der Waals surface area contributed by atoms with Gasteiger partial charge in [-0.1, -0.05) is 11.6 Å². The van der Waals surface area contributed by atoms with E-state index in [4.69, 9.17) is 22.1 Å². The van der Waals surface area contributed by atoms with Gasteiger partial charge in [0.1, 0.15) is 11.6 Å². The largest absolute Gasteiger partial charge is 0.495 e. The zero-order valence-corrected chi connectivity index (χ0v) is 10.5.